The van der Waals surface area contributed by atoms with Crippen LogP contribution in [0.2, 0.25) is 0 Å². The van der Waals surface area contributed by atoms with E-state index in [0.29, 0.717) is 13.1 Å². The predicted octanol–water partition coefficient (Wildman–Crippen LogP) is 2.71. The summed E-state index contributed by atoms with van der Waals surface area (Å²) >= 11 is 0. The van der Waals surface area contributed by atoms with E-state index < -0.39 is 0 Å². The van der Waals surface area contributed by atoms with Crippen LogP contribution in [-0.2, 0) is 17.9 Å². The Hall–Kier alpha value is -2.47. The number of carbonyl (C=O) groups excluding carboxylic acids is 1. The molecule has 1 fully saturated rings. The molecule has 0 aliphatic carbocycles. The highest BCUT2D eigenvalue weighted by molar-refractivity contribution is 5.92. The number of benzene rings is 1. The molecule has 1 saturated heterocycles. The molecule has 5 nitrogen and oxygen atoms in total. The largest absolute Gasteiger partial charge is 0.337 e. The summed E-state index contributed by atoms with van der Waals surface area (Å²) in [4.78, 5) is 16.6. The summed E-state index contributed by atoms with van der Waals surface area (Å²) in [6.07, 6.45) is 5.28. The molecule has 0 radical (unpaired) electrons. The first-order valence-corrected chi connectivity index (χ1v) is 9.03. The van der Waals surface area contributed by atoms with Gasteiger partial charge < -0.3 is 4.90 Å². The minimum absolute atomic E-state index is 0.0371. The number of amides is 1. The molecule has 1 aliphatic rings. The van der Waals surface area contributed by atoms with Gasteiger partial charge in [0.2, 0.25) is 5.91 Å². The van der Waals surface area contributed by atoms with Crippen molar-refractivity contribution in [3.05, 3.63) is 59.2 Å². The van der Waals surface area contributed by atoms with Gasteiger partial charge in [-0.2, -0.15) is 5.10 Å². The number of hydrogen-bond donors (Lipinski definition) is 0. The fourth-order valence-electron chi connectivity index (χ4n) is 3.18. The van der Waals surface area contributed by atoms with Gasteiger partial charge in [0, 0.05) is 56.6 Å². The van der Waals surface area contributed by atoms with Crippen molar-refractivity contribution in [1.29, 1.82) is 0 Å². The van der Waals surface area contributed by atoms with Crippen molar-refractivity contribution in [2.24, 2.45) is 0 Å². The van der Waals surface area contributed by atoms with Crippen LogP contribution < -0.4 is 0 Å². The minimum atomic E-state index is -0.212. The Labute approximate surface area is 153 Å². The molecule has 0 saturated carbocycles. The molecule has 2 heterocycles. The maximum Gasteiger partial charge on any atom is 0.246 e. The molecule has 6 heteroatoms. The lowest BCUT2D eigenvalue weighted by molar-refractivity contribution is -0.127. The average Bonchev–Trinajstić information content (AvgIpc) is 3.02. The Kier molecular flexibility index (Phi) is 5.83. The lowest BCUT2D eigenvalue weighted by atomic mass is 10.2. The fraction of sp³-hybridized carbons (Fsp3) is 0.400. The summed E-state index contributed by atoms with van der Waals surface area (Å²) in [5.41, 5.74) is 3.14. The number of aromatic nitrogens is 2. The van der Waals surface area contributed by atoms with Crippen LogP contribution in [-0.4, -0.2) is 51.7 Å². The van der Waals surface area contributed by atoms with E-state index in [1.54, 1.807) is 12.3 Å². The van der Waals surface area contributed by atoms with Crippen LogP contribution in [0.1, 0.15) is 23.7 Å². The van der Waals surface area contributed by atoms with E-state index in [1.165, 1.54) is 12.1 Å². The van der Waals surface area contributed by atoms with Crippen molar-refractivity contribution in [1.82, 2.24) is 19.6 Å². The van der Waals surface area contributed by atoms with Crippen molar-refractivity contribution in [3.8, 4) is 0 Å². The van der Waals surface area contributed by atoms with Crippen molar-refractivity contribution >= 4 is 12.0 Å². The maximum atomic E-state index is 13.0. The van der Waals surface area contributed by atoms with Crippen LogP contribution in [0, 0.1) is 12.7 Å². The SMILES string of the molecule is CCn1ncc(/C=C/C(=O)N2CCN(Cc3ccc(F)cc3)CC2)c1C. The summed E-state index contributed by atoms with van der Waals surface area (Å²) in [6.45, 7) is 8.72. The van der Waals surface area contributed by atoms with Gasteiger partial charge in [-0.1, -0.05) is 12.1 Å². The van der Waals surface area contributed by atoms with E-state index in [0.717, 1.165) is 43.0 Å². The topological polar surface area (TPSA) is 41.4 Å². The lowest BCUT2D eigenvalue weighted by Crippen LogP contribution is -2.47. The second-order valence-corrected chi connectivity index (χ2v) is 6.56. The average molecular weight is 356 g/mol. The van der Waals surface area contributed by atoms with E-state index >= 15 is 0 Å². The molecule has 1 aromatic heterocycles. The predicted molar refractivity (Wildman–Crippen MR) is 99.9 cm³/mol. The zero-order valence-electron chi connectivity index (χ0n) is 15.4. The molecule has 1 amide bonds. The lowest BCUT2D eigenvalue weighted by Gasteiger charge is -2.34. The molecule has 0 bridgehead atoms. The first-order chi connectivity index (χ1) is 12.6. The number of hydrogen-bond acceptors (Lipinski definition) is 3. The van der Waals surface area contributed by atoms with Crippen LogP contribution in [0.4, 0.5) is 4.39 Å². The Bertz CT molecular complexity index is 774. The highest BCUT2D eigenvalue weighted by atomic mass is 19.1. The second kappa shape index (κ2) is 8.27. The Morgan fingerprint density at radius 1 is 1.19 bits per heavy atom. The van der Waals surface area contributed by atoms with Gasteiger partial charge in [-0.05, 0) is 37.6 Å². The molecule has 0 N–H and O–H groups in total. The first-order valence-electron chi connectivity index (χ1n) is 9.03. The third-order valence-electron chi connectivity index (χ3n) is 4.85. The van der Waals surface area contributed by atoms with Gasteiger partial charge in [0.05, 0.1) is 6.20 Å². The molecule has 1 aromatic carbocycles. The van der Waals surface area contributed by atoms with E-state index in [-0.39, 0.29) is 11.7 Å². The van der Waals surface area contributed by atoms with Crippen molar-refractivity contribution in [3.63, 3.8) is 0 Å². The smallest absolute Gasteiger partial charge is 0.246 e. The Morgan fingerprint density at radius 3 is 2.50 bits per heavy atom. The number of halogens is 1. The molecule has 0 spiro atoms. The molecular formula is C20H25FN4O. The summed E-state index contributed by atoms with van der Waals surface area (Å²) in [5.74, 6) is -0.175. The summed E-state index contributed by atoms with van der Waals surface area (Å²) in [7, 11) is 0. The van der Waals surface area contributed by atoms with Crippen LogP contribution in [0.25, 0.3) is 6.08 Å². The standard InChI is InChI=1S/C20H25FN4O/c1-3-25-16(2)18(14-22-25)6-9-20(26)24-12-10-23(11-13-24)15-17-4-7-19(21)8-5-17/h4-9,14H,3,10-13,15H2,1-2H3/b9-6+. The van der Waals surface area contributed by atoms with Gasteiger partial charge in [0.25, 0.3) is 0 Å². The van der Waals surface area contributed by atoms with Gasteiger partial charge in [-0.15, -0.1) is 0 Å². The van der Waals surface area contributed by atoms with Crippen molar-refractivity contribution < 1.29 is 9.18 Å². The number of aryl methyl sites for hydroxylation is 1. The molecule has 2 aromatic rings. The van der Waals surface area contributed by atoms with Crippen LogP contribution in [0.15, 0.2) is 36.5 Å². The van der Waals surface area contributed by atoms with E-state index in [4.69, 9.17) is 0 Å². The fourth-order valence-corrected chi connectivity index (χ4v) is 3.18. The van der Waals surface area contributed by atoms with E-state index in [1.807, 2.05) is 41.6 Å². The second-order valence-electron chi connectivity index (χ2n) is 6.56. The summed E-state index contributed by atoms with van der Waals surface area (Å²) in [5, 5.41) is 4.29. The molecule has 138 valence electrons. The normalized spacial score (nSPS) is 15.7. The first kappa shape index (κ1) is 18.3. The molecular weight excluding hydrogens is 331 g/mol. The van der Waals surface area contributed by atoms with E-state index in [9.17, 15) is 9.18 Å². The Morgan fingerprint density at radius 2 is 1.88 bits per heavy atom. The molecule has 1 aliphatic heterocycles. The molecule has 26 heavy (non-hydrogen) atoms. The number of rotatable bonds is 5. The minimum Gasteiger partial charge on any atom is -0.337 e. The number of piperazine rings is 1. The zero-order valence-corrected chi connectivity index (χ0v) is 15.4. The maximum absolute atomic E-state index is 13.0. The zero-order chi connectivity index (χ0) is 18.5. The highest BCUT2D eigenvalue weighted by Gasteiger charge is 2.19. The third-order valence-corrected chi connectivity index (χ3v) is 4.85. The quantitative estimate of drug-likeness (QED) is 0.774. The van der Waals surface area contributed by atoms with Crippen molar-refractivity contribution in [2.45, 2.75) is 26.9 Å². The Balaban J connectivity index is 1.50. The monoisotopic (exact) mass is 356 g/mol. The summed E-state index contributed by atoms with van der Waals surface area (Å²) < 4.78 is 14.9. The number of carbonyl (C=O) groups is 1. The van der Waals surface area contributed by atoms with Crippen LogP contribution >= 0.6 is 0 Å². The van der Waals surface area contributed by atoms with Gasteiger partial charge >= 0.3 is 0 Å². The van der Waals surface area contributed by atoms with Gasteiger partial charge in [0.1, 0.15) is 5.82 Å². The van der Waals surface area contributed by atoms with Crippen molar-refractivity contribution in [2.75, 3.05) is 26.2 Å². The van der Waals surface area contributed by atoms with Gasteiger partial charge in [-0.3, -0.25) is 14.4 Å². The van der Waals surface area contributed by atoms with E-state index in [2.05, 4.69) is 10.00 Å². The highest BCUT2D eigenvalue weighted by Crippen LogP contribution is 2.12. The molecule has 3 rings (SSSR count). The van der Waals surface area contributed by atoms with Gasteiger partial charge in [-0.25, -0.2) is 4.39 Å². The number of nitrogens with zero attached hydrogens (tertiary/aromatic N) is 4. The molecule has 0 unspecified atom stereocenters. The van der Waals surface area contributed by atoms with Crippen LogP contribution in [0.5, 0.6) is 0 Å². The molecule has 0 atom stereocenters. The van der Waals surface area contributed by atoms with Gasteiger partial charge in [0.15, 0.2) is 0 Å². The summed E-state index contributed by atoms with van der Waals surface area (Å²) in [6, 6.07) is 6.61. The third kappa shape index (κ3) is 4.38. The van der Waals surface area contributed by atoms with Crippen LogP contribution in [0.3, 0.4) is 0 Å².